The van der Waals surface area contributed by atoms with Gasteiger partial charge in [-0.25, -0.2) is 8.42 Å². The van der Waals surface area contributed by atoms with Crippen LogP contribution in [-0.4, -0.2) is 25.8 Å². The summed E-state index contributed by atoms with van der Waals surface area (Å²) in [6.45, 7) is 0.920. The van der Waals surface area contributed by atoms with Crippen molar-refractivity contribution >= 4 is 33.2 Å². The molecule has 0 bridgehead atoms. The number of benzene rings is 2. The fraction of sp³-hybridized carbons (Fsp3) is 0.278. The van der Waals surface area contributed by atoms with Gasteiger partial charge in [-0.1, -0.05) is 29.6 Å². The second-order valence-electron chi connectivity index (χ2n) is 5.95. The van der Waals surface area contributed by atoms with Crippen LogP contribution in [0.1, 0.15) is 24.8 Å². The first kappa shape index (κ1) is 19.0. The highest BCUT2D eigenvalue weighted by atomic mass is 35.5. The summed E-state index contributed by atoms with van der Waals surface area (Å²) >= 11 is 12.0. The second kappa shape index (κ2) is 7.85. The van der Waals surface area contributed by atoms with Gasteiger partial charge in [-0.3, -0.25) is 0 Å². The molecule has 1 aliphatic rings. The minimum Gasteiger partial charge on any atom is -0.456 e. The van der Waals surface area contributed by atoms with Crippen LogP contribution >= 0.6 is 23.2 Å². The van der Waals surface area contributed by atoms with Crippen LogP contribution < -0.4 is 4.74 Å². The van der Waals surface area contributed by atoms with Crippen molar-refractivity contribution in [1.82, 2.24) is 4.31 Å². The Balaban J connectivity index is 2.04. The highest BCUT2D eigenvalue weighted by molar-refractivity contribution is 7.89. The Morgan fingerprint density at radius 1 is 1.00 bits per heavy atom. The van der Waals surface area contributed by atoms with Crippen molar-refractivity contribution < 1.29 is 13.2 Å². The van der Waals surface area contributed by atoms with Crippen molar-refractivity contribution in [2.24, 2.45) is 0 Å². The molecule has 0 spiro atoms. The highest BCUT2D eigenvalue weighted by Crippen LogP contribution is 2.34. The molecule has 5 nitrogen and oxygen atoms in total. The van der Waals surface area contributed by atoms with Crippen molar-refractivity contribution in [3.05, 3.63) is 52.0 Å². The Bertz CT molecular complexity index is 945. The van der Waals surface area contributed by atoms with Crippen LogP contribution in [0.15, 0.2) is 41.3 Å². The van der Waals surface area contributed by atoms with Crippen molar-refractivity contribution in [1.29, 1.82) is 5.26 Å². The van der Waals surface area contributed by atoms with Crippen molar-refractivity contribution in [2.45, 2.75) is 24.2 Å². The summed E-state index contributed by atoms with van der Waals surface area (Å²) in [6, 6.07) is 10.9. The molecule has 0 aliphatic carbocycles. The molecular formula is C18H16Cl2N2O3S. The van der Waals surface area contributed by atoms with Gasteiger partial charge in [0.05, 0.1) is 11.6 Å². The number of rotatable bonds is 4. The fourth-order valence-electron chi connectivity index (χ4n) is 2.82. The molecule has 2 aromatic rings. The average molecular weight is 411 g/mol. The first-order valence-electron chi connectivity index (χ1n) is 8.08. The lowest BCUT2D eigenvalue weighted by molar-refractivity contribution is 0.345. The SMILES string of the molecule is N#Cc1ccc(Oc2cc(Cl)cc(Cl)c2)c(S(=O)(=O)N2CCCCC2)c1. The van der Waals surface area contributed by atoms with Crippen LogP contribution in [0.25, 0.3) is 0 Å². The third kappa shape index (κ3) is 4.13. The van der Waals surface area contributed by atoms with Gasteiger partial charge in [0.1, 0.15) is 16.4 Å². The molecule has 0 aromatic heterocycles. The Kier molecular flexibility index (Phi) is 5.73. The summed E-state index contributed by atoms with van der Waals surface area (Å²) in [5.74, 6) is 0.454. The lowest BCUT2D eigenvalue weighted by atomic mass is 10.2. The van der Waals surface area contributed by atoms with Gasteiger partial charge in [0.2, 0.25) is 10.0 Å². The maximum absolute atomic E-state index is 13.1. The summed E-state index contributed by atoms with van der Waals surface area (Å²) in [7, 11) is -3.77. The van der Waals surface area contributed by atoms with Gasteiger partial charge < -0.3 is 4.74 Å². The smallest absolute Gasteiger partial charge is 0.246 e. The molecule has 1 saturated heterocycles. The van der Waals surface area contributed by atoms with Crippen LogP contribution in [0.2, 0.25) is 10.0 Å². The molecule has 0 N–H and O–H groups in total. The van der Waals surface area contributed by atoms with Gasteiger partial charge in [-0.05, 0) is 49.2 Å². The van der Waals surface area contributed by atoms with E-state index in [2.05, 4.69) is 0 Å². The molecule has 1 aliphatic heterocycles. The molecule has 0 amide bonds. The number of hydrogen-bond acceptors (Lipinski definition) is 4. The van der Waals surface area contributed by atoms with E-state index in [-0.39, 0.29) is 16.2 Å². The third-order valence-corrected chi connectivity index (χ3v) is 6.43. The number of halogens is 2. The Labute approximate surface area is 162 Å². The largest absolute Gasteiger partial charge is 0.456 e. The van der Waals surface area contributed by atoms with Crippen LogP contribution in [0.3, 0.4) is 0 Å². The van der Waals surface area contributed by atoms with Crippen molar-refractivity contribution in [3.63, 3.8) is 0 Å². The van der Waals surface area contributed by atoms with Gasteiger partial charge in [-0.15, -0.1) is 0 Å². The fourth-order valence-corrected chi connectivity index (χ4v) is 4.99. The summed E-state index contributed by atoms with van der Waals surface area (Å²) in [5, 5.41) is 9.91. The van der Waals surface area contributed by atoms with Gasteiger partial charge >= 0.3 is 0 Å². The maximum Gasteiger partial charge on any atom is 0.246 e. The molecule has 0 radical (unpaired) electrons. The predicted octanol–water partition coefficient (Wildman–Crippen LogP) is 4.83. The van der Waals surface area contributed by atoms with E-state index in [0.717, 1.165) is 19.3 Å². The topological polar surface area (TPSA) is 70.4 Å². The standard InChI is InChI=1S/C18H16Cl2N2O3S/c19-14-9-15(20)11-16(10-14)25-17-5-4-13(12-21)8-18(17)26(23,24)22-6-2-1-3-7-22/h4-5,8-11H,1-3,6-7H2. The molecule has 2 aromatic carbocycles. The number of piperidine rings is 1. The van der Waals surface area contributed by atoms with Crippen LogP contribution in [0, 0.1) is 11.3 Å². The van der Waals surface area contributed by atoms with E-state index in [9.17, 15) is 8.42 Å². The monoisotopic (exact) mass is 410 g/mol. The molecule has 3 rings (SSSR count). The molecule has 1 fully saturated rings. The van der Waals surface area contributed by atoms with Crippen molar-refractivity contribution in [2.75, 3.05) is 13.1 Å². The van der Waals surface area contributed by atoms with Crippen molar-refractivity contribution in [3.8, 4) is 17.6 Å². The molecule has 136 valence electrons. The molecule has 1 heterocycles. The zero-order valence-electron chi connectivity index (χ0n) is 13.8. The molecule has 0 atom stereocenters. The zero-order valence-corrected chi connectivity index (χ0v) is 16.1. The Morgan fingerprint density at radius 2 is 1.65 bits per heavy atom. The first-order chi connectivity index (χ1) is 12.4. The maximum atomic E-state index is 13.1. The molecule has 26 heavy (non-hydrogen) atoms. The normalized spacial score (nSPS) is 15.4. The van der Waals surface area contributed by atoms with Gasteiger partial charge in [0, 0.05) is 23.1 Å². The van der Waals surface area contributed by atoms with Crippen LogP contribution in [-0.2, 0) is 10.0 Å². The summed E-state index contributed by atoms with van der Waals surface area (Å²) in [4.78, 5) is -0.0328. The first-order valence-corrected chi connectivity index (χ1v) is 10.3. The number of hydrogen-bond donors (Lipinski definition) is 0. The van der Waals surface area contributed by atoms with E-state index in [0.29, 0.717) is 28.9 Å². The lowest BCUT2D eigenvalue weighted by Crippen LogP contribution is -2.35. The van der Waals surface area contributed by atoms with E-state index in [1.54, 1.807) is 18.2 Å². The Hall–Kier alpha value is -1.78. The average Bonchev–Trinajstić information content (AvgIpc) is 2.62. The van der Waals surface area contributed by atoms with E-state index in [4.69, 9.17) is 33.2 Å². The van der Waals surface area contributed by atoms with Crippen LogP contribution in [0.4, 0.5) is 0 Å². The quantitative estimate of drug-likeness (QED) is 0.723. The van der Waals surface area contributed by atoms with Crippen LogP contribution in [0.5, 0.6) is 11.5 Å². The van der Waals surface area contributed by atoms with Gasteiger partial charge in [-0.2, -0.15) is 9.57 Å². The van der Waals surface area contributed by atoms with E-state index in [1.807, 2.05) is 6.07 Å². The summed E-state index contributed by atoms with van der Waals surface area (Å²) < 4.78 is 33.4. The number of nitrogens with zero attached hydrogens (tertiary/aromatic N) is 2. The summed E-state index contributed by atoms with van der Waals surface area (Å²) in [6.07, 6.45) is 2.64. The molecular weight excluding hydrogens is 395 g/mol. The summed E-state index contributed by atoms with van der Waals surface area (Å²) in [5.41, 5.74) is 0.247. The second-order valence-corrected chi connectivity index (χ2v) is 8.72. The van der Waals surface area contributed by atoms with E-state index >= 15 is 0 Å². The molecule has 0 unspecified atom stereocenters. The van der Waals surface area contributed by atoms with Gasteiger partial charge in [0.25, 0.3) is 0 Å². The Morgan fingerprint density at radius 3 is 2.27 bits per heavy atom. The third-order valence-electron chi connectivity index (χ3n) is 4.07. The minimum atomic E-state index is -3.77. The number of ether oxygens (including phenoxy) is 1. The van der Waals surface area contributed by atoms with Gasteiger partial charge in [0.15, 0.2) is 0 Å². The molecule has 0 saturated carbocycles. The zero-order chi connectivity index (χ0) is 18.7. The number of nitriles is 1. The minimum absolute atomic E-state index is 0.0328. The highest BCUT2D eigenvalue weighted by Gasteiger charge is 2.29. The molecule has 8 heteroatoms. The van der Waals surface area contributed by atoms with E-state index in [1.165, 1.54) is 22.5 Å². The number of sulfonamides is 1. The predicted molar refractivity (Wildman–Crippen MR) is 100 cm³/mol. The van der Waals surface area contributed by atoms with E-state index < -0.39 is 10.0 Å². The lowest BCUT2D eigenvalue weighted by Gasteiger charge is -2.26.